The molecule has 0 amide bonds. The minimum absolute atomic E-state index is 0.430. The second-order valence-corrected chi connectivity index (χ2v) is 4.55. The number of nitrogens with zero attached hydrogens (tertiary/aromatic N) is 2. The SMILES string of the molecule is CCCOCc1noc(CCCNc2ccccc2)n1. The topological polar surface area (TPSA) is 60.2 Å². The first-order chi connectivity index (χ1) is 9.88. The van der Waals surface area contributed by atoms with Gasteiger partial charge in [0.05, 0.1) is 0 Å². The van der Waals surface area contributed by atoms with Gasteiger partial charge in [-0.15, -0.1) is 0 Å². The number of anilines is 1. The predicted octanol–water partition coefficient (Wildman–Crippen LogP) is 3.04. The summed E-state index contributed by atoms with van der Waals surface area (Å²) < 4.78 is 10.5. The molecular weight excluding hydrogens is 254 g/mol. The molecule has 0 spiro atoms. The molecule has 0 saturated heterocycles. The van der Waals surface area contributed by atoms with Crippen LogP contribution >= 0.6 is 0 Å². The Bertz CT molecular complexity index is 485. The summed E-state index contributed by atoms with van der Waals surface area (Å²) in [5, 5.41) is 7.24. The Balaban J connectivity index is 1.64. The number of hydrogen-bond donors (Lipinski definition) is 1. The summed E-state index contributed by atoms with van der Waals surface area (Å²) in [5.74, 6) is 1.31. The highest BCUT2D eigenvalue weighted by atomic mass is 16.5. The lowest BCUT2D eigenvalue weighted by atomic mass is 10.3. The summed E-state index contributed by atoms with van der Waals surface area (Å²) in [7, 11) is 0. The van der Waals surface area contributed by atoms with Crippen molar-refractivity contribution in [1.82, 2.24) is 10.1 Å². The number of aryl methyl sites for hydroxylation is 1. The number of hydrogen-bond acceptors (Lipinski definition) is 5. The van der Waals surface area contributed by atoms with Crippen molar-refractivity contribution in [2.24, 2.45) is 0 Å². The Morgan fingerprint density at radius 3 is 2.90 bits per heavy atom. The van der Waals surface area contributed by atoms with E-state index in [0.717, 1.165) is 38.1 Å². The van der Waals surface area contributed by atoms with E-state index in [1.54, 1.807) is 0 Å². The molecule has 0 fully saturated rings. The third kappa shape index (κ3) is 5.01. The van der Waals surface area contributed by atoms with Gasteiger partial charge >= 0.3 is 0 Å². The summed E-state index contributed by atoms with van der Waals surface area (Å²) >= 11 is 0. The summed E-state index contributed by atoms with van der Waals surface area (Å²) in [6, 6.07) is 10.1. The van der Waals surface area contributed by atoms with Gasteiger partial charge in [-0.1, -0.05) is 30.3 Å². The van der Waals surface area contributed by atoms with Gasteiger partial charge in [0.15, 0.2) is 5.82 Å². The zero-order valence-corrected chi connectivity index (χ0v) is 11.8. The Morgan fingerprint density at radius 1 is 1.25 bits per heavy atom. The van der Waals surface area contributed by atoms with E-state index in [1.807, 2.05) is 18.2 Å². The summed E-state index contributed by atoms with van der Waals surface area (Å²) in [6.07, 6.45) is 2.73. The number of aromatic nitrogens is 2. The smallest absolute Gasteiger partial charge is 0.226 e. The van der Waals surface area contributed by atoms with Gasteiger partial charge in [0.25, 0.3) is 0 Å². The minimum Gasteiger partial charge on any atom is -0.385 e. The molecule has 1 aromatic heterocycles. The highest BCUT2D eigenvalue weighted by Crippen LogP contribution is 2.06. The number of rotatable bonds is 9. The molecule has 0 aliphatic heterocycles. The maximum Gasteiger partial charge on any atom is 0.226 e. The van der Waals surface area contributed by atoms with Crippen LogP contribution in [0.1, 0.15) is 31.5 Å². The zero-order chi connectivity index (χ0) is 14.0. The highest BCUT2D eigenvalue weighted by Gasteiger charge is 2.05. The molecule has 1 N–H and O–H groups in total. The van der Waals surface area contributed by atoms with E-state index in [1.165, 1.54) is 0 Å². The fourth-order valence-electron chi connectivity index (χ4n) is 1.79. The molecular formula is C15H21N3O2. The molecule has 0 aliphatic carbocycles. The normalized spacial score (nSPS) is 10.7. The molecule has 0 radical (unpaired) electrons. The van der Waals surface area contributed by atoms with Gasteiger partial charge in [0.1, 0.15) is 6.61 Å². The van der Waals surface area contributed by atoms with Gasteiger partial charge in [-0.25, -0.2) is 0 Å². The van der Waals surface area contributed by atoms with E-state index < -0.39 is 0 Å². The van der Waals surface area contributed by atoms with Crippen molar-refractivity contribution >= 4 is 5.69 Å². The largest absolute Gasteiger partial charge is 0.385 e. The van der Waals surface area contributed by atoms with Gasteiger partial charge in [0.2, 0.25) is 5.89 Å². The average molecular weight is 275 g/mol. The minimum atomic E-state index is 0.430. The Hall–Kier alpha value is -1.88. The number of ether oxygens (including phenoxy) is 1. The lowest BCUT2D eigenvalue weighted by Gasteiger charge is -2.03. The number of nitrogens with one attached hydrogen (secondary N) is 1. The zero-order valence-electron chi connectivity index (χ0n) is 11.8. The van der Waals surface area contributed by atoms with Crippen molar-refractivity contribution in [1.29, 1.82) is 0 Å². The van der Waals surface area contributed by atoms with Crippen LogP contribution in [0.2, 0.25) is 0 Å². The summed E-state index contributed by atoms with van der Waals surface area (Å²) in [4.78, 5) is 4.30. The summed E-state index contributed by atoms with van der Waals surface area (Å²) in [5.41, 5.74) is 1.13. The predicted molar refractivity (Wildman–Crippen MR) is 77.5 cm³/mol. The first kappa shape index (κ1) is 14.5. The van der Waals surface area contributed by atoms with E-state index >= 15 is 0 Å². The molecule has 1 heterocycles. The number of benzene rings is 1. The van der Waals surface area contributed by atoms with E-state index in [-0.39, 0.29) is 0 Å². The van der Waals surface area contributed by atoms with Crippen molar-refractivity contribution in [3.05, 3.63) is 42.0 Å². The van der Waals surface area contributed by atoms with Gasteiger partial charge in [-0.05, 0) is 25.0 Å². The van der Waals surface area contributed by atoms with Crippen molar-refractivity contribution < 1.29 is 9.26 Å². The molecule has 0 atom stereocenters. The Morgan fingerprint density at radius 2 is 2.10 bits per heavy atom. The molecule has 2 aromatic rings. The van der Waals surface area contributed by atoms with Crippen molar-refractivity contribution in [2.45, 2.75) is 32.8 Å². The van der Waals surface area contributed by atoms with Gasteiger partial charge in [-0.2, -0.15) is 4.98 Å². The van der Waals surface area contributed by atoms with Crippen LogP contribution in [0.25, 0.3) is 0 Å². The van der Waals surface area contributed by atoms with Gasteiger partial charge in [-0.3, -0.25) is 0 Å². The van der Waals surface area contributed by atoms with Crippen molar-refractivity contribution in [3.63, 3.8) is 0 Å². The molecule has 0 aliphatic rings. The van der Waals surface area contributed by atoms with Gasteiger partial charge in [0, 0.05) is 25.3 Å². The van der Waals surface area contributed by atoms with Crippen LogP contribution in [-0.2, 0) is 17.8 Å². The van der Waals surface area contributed by atoms with Crippen LogP contribution < -0.4 is 5.32 Å². The third-order valence-corrected chi connectivity index (χ3v) is 2.76. The quantitative estimate of drug-likeness (QED) is 0.713. The molecule has 0 unspecified atom stereocenters. The van der Waals surface area contributed by atoms with Crippen LogP contribution in [0.5, 0.6) is 0 Å². The monoisotopic (exact) mass is 275 g/mol. The lowest BCUT2D eigenvalue weighted by molar-refractivity contribution is 0.114. The van der Waals surface area contributed by atoms with E-state index in [4.69, 9.17) is 9.26 Å². The molecule has 0 saturated carbocycles. The van der Waals surface area contributed by atoms with Crippen LogP contribution in [0, 0.1) is 0 Å². The van der Waals surface area contributed by atoms with E-state index in [0.29, 0.717) is 18.3 Å². The van der Waals surface area contributed by atoms with Crippen molar-refractivity contribution in [3.8, 4) is 0 Å². The maximum absolute atomic E-state index is 5.37. The van der Waals surface area contributed by atoms with E-state index in [9.17, 15) is 0 Å². The average Bonchev–Trinajstić information content (AvgIpc) is 2.93. The molecule has 2 rings (SSSR count). The Kier molecular flexibility index (Phi) is 6.05. The number of para-hydroxylation sites is 1. The molecule has 5 heteroatoms. The third-order valence-electron chi connectivity index (χ3n) is 2.76. The Labute approximate surface area is 119 Å². The summed E-state index contributed by atoms with van der Waals surface area (Å²) in [6.45, 7) is 4.11. The fraction of sp³-hybridized carbons (Fsp3) is 0.467. The molecule has 1 aromatic carbocycles. The van der Waals surface area contributed by atoms with Crippen molar-refractivity contribution in [2.75, 3.05) is 18.5 Å². The maximum atomic E-state index is 5.37. The first-order valence-electron chi connectivity index (χ1n) is 7.06. The standard InChI is InChI=1S/C15H21N3O2/c1-2-11-19-12-14-17-15(20-18-14)9-6-10-16-13-7-4-3-5-8-13/h3-5,7-8,16H,2,6,9-12H2,1H3. The van der Waals surface area contributed by atoms with Gasteiger partial charge < -0.3 is 14.6 Å². The van der Waals surface area contributed by atoms with E-state index in [2.05, 4.69) is 34.5 Å². The van der Waals surface area contributed by atoms with Crippen LogP contribution in [0.3, 0.4) is 0 Å². The molecule has 5 nitrogen and oxygen atoms in total. The van der Waals surface area contributed by atoms with Crippen LogP contribution in [0.4, 0.5) is 5.69 Å². The molecule has 108 valence electrons. The second kappa shape index (κ2) is 8.32. The first-order valence-corrected chi connectivity index (χ1v) is 7.06. The molecule has 20 heavy (non-hydrogen) atoms. The fourth-order valence-corrected chi connectivity index (χ4v) is 1.79. The van der Waals surface area contributed by atoms with Crippen LogP contribution in [-0.4, -0.2) is 23.3 Å². The van der Waals surface area contributed by atoms with Crippen LogP contribution in [0.15, 0.2) is 34.9 Å². The second-order valence-electron chi connectivity index (χ2n) is 4.55. The highest BCUT2D eigenvalue weighted by molar-refractivity contribution is 5.42. The lowest BCUT2D eigenvalue weighted by Crippen LogP contribution is -2.03. The molecule has 0 bridgehead atoms.